The summed E-state index contributed by atoms with van der Waals surface area (Å²) in [6, 6.07) is 6.27. The SMILES string of the molecule is Cc1ccc2nc(NCCc3ncon3)sc2c1. The van der Waals surface area contributed by atoms with E-state index >= 15 is 0 Å². The smallest absolute Gasteiger partial charge is 0.213 e. The highest BCUT2D eigenvalue weighted by molar-refractivity contribution is 7.22. The fourth-order valence-electron chi connectivity index (χ4n) is 1.69. The summed E-state index contributed by atoms with van der Waals surface area (Å²) < 4.78 is 5.88. The number of benzene rings is 1. The van der Waals surface area contributed by atoms with Gasteiger partial charge in [0.1, 0.15) is 0 Å². The molecule has 1 N–H and O–H groups in total. The van der Waals surface area contributed by atoms with Gasteiger partial charge in [-0.25, -0.2) is 4.98 Å². The van der Waals surface area contributed by atoms with Crippen LogP contribution in [0.25, 0.3) is 10.2 Å². The maximum Gasteiger partial charge on any atom is 0.213 e. The maximum atomic E-state index is 4.68. The van der Waals surface area contributed by atoms with E-state index in [-0.39, 0.29) is 0 Å². The Morgan fingerprint density at radius 2 is 2.33 bits per heavy atom. The van der Waals surface area contributed by atoms with E-state index in [4.69, 9.17) is 0 Å². The van der Waals surface area contributed by atoms with E-state index in [1.807, 2.05) is 6.07 Å². The number of nitrogens with one attached hydrogen (secondary N) is 1. The summed E-state index contributed by atoms with van der Waals surface area (Å²) in [5, 5.41) is 7.97. The van der Waals surface area contributed by atoms with Crippen LogP contribution in [0.3, 0.4) is 0 Å². The first-order chi connectivity index (χ1) is 8.81. The van der Waals surface area contributed by atoms with Gasteiger partial charge >= 0.3 is 0 Å². The van der Waals surface area contributed by atoms with Crippen molar-refractivity contribution in [1.29, 1.82) is 0 Å². The first-order valence-corrected chi connectivity index (χ1v) is 6.49. The number of aryl methyl sites for hydroxylation is 1. The Balaban J connectivity index is 1.67. The minimum absolute atomic E-state index is 0.708. The predicted octanol–water partition coefficient (Wildman–Crippen LogP) is 2.64. The van der Waals surface area contributed by atoms with Crippen molar-refractivity contribution in [2.24, 2.45) is 0 Å². The third kappa shape index (κ3) is 2.33. The lowest BCUT2D eigenvalue weighted by atomic mass is 10.2. The highest BCUT2D eigenvalue weighted by Gasteiger charge is 2.04. The Bertz CT molecular complexity index is 647. The number of hydrogen-bond donors (Lipinski definition) is 1. The molecule has 0 saturated heterocycles. The molecule has 0 unspecified atom stereocenters. The zero-order chi connectivity index (χ0) is 12.4. The van der Waals surface area contributed by atoms with Gasteiger partial charge in [-0.3, -0.25) is 0 Å². The lowest BCUT2D eigenvalue weighted by Crippen LogP contribution is -2.05. The predicted molar refractivity (Wildman–Crippen MR) is 70.8 cm³/mol. The molecule has 2 aromatic heterocycles. The summed E-state index contributed by atoms with van der Waals surface area (Å²) in [7, 11) is 0. The molecule has 3 rings (SSSR count). The van der Waals surface area contributed by atoms with E-state index in [1.165, 1.54) is 16.7 Å². The van der Waals surface area contributed by atoms with E-state index in [1.54, 1.807) is 11.3 Å². The minimum atomic E-state index is 0.708. The summed E-state index contributed by atoms with van der Waals surface area (Å²) in [4.78, 5) is 8.48. The molecule has 0 spiro atoms. The lowest BCUT2D eigenvalue weighted by molar-refractivity contribution is 0.410. The molecule has 0 aliphatic heterocycles. The molecule has 0 radical (unpaired) electrons. The molecule has 0 fully saturated rings. The number of anilines is 1. The zero-order valence-electron chi connectivity index (χ0n) is 9.88. The van der Waals surface area contributed by atoms with Crippen molar-refractivity contribution in [2.45, 2.75) is 13.3 Å². The monoisotopic (exact) mass is 260 g/mol. The third-order valence-corrected chi connectivity index (χ3v) is 3.55. The Hall–Kier alpha value is -1.95. The van der Waals surface area contributed by atoms with Crippen LogP contribution in [-0.4, -0.2) is 21.7 Å². The first-order valence-electron chi connectivity index (χ1n) is 5.67. The van der Waals surface area contributed by atoms with Gasteiger partial charge in [-0.2, -0.15) is 4.98 Å². The quantitative estimate of drug-likeness (QED) is 0.781. The van der Waals surface area contributed by atoms with E-state index < -0.39 is 0 Å². The highest BCUT2D eigenvalue weighted by Crippen LogP contribution is 2.26. The van der Waals surface area contributed by atoms with Gasteiger partial charge in [-0.05, 0) is 24.6 Å². The fraction of sp³-hybridized carbons (Fsp3) is 0.250. The molecule has 2 heterocycles. The Morgan fingerprint density at radius 1 is 1.39 bits per heavy atom. The van der Waals surface area contributed by atoms with Gasteiger partial charge in [0.2, 0.25) is 6.39 Å². The second-order valence-corrected chi connectivity index (χ2v) is 5.05. The van der Waals surface area contributed by atoms with Crippen LogP contribution in [0, 0.1) is 6.92 Å². The van der Waals surface area contributed by atoms with Crippen molar-refractivity contribution in [3.05, 3.63) is 36.0 Å². The molecular weight excluding hydrogens is 248 g/mol. The zero-order valence-corrected chi connectivity index (χ0v) is 10.7. The molecule has 0 atom stereocenters. The first kappa shape index (κ1) is 11.2. The number of fused-ring (bicyclic) bond motifs is 1. The number of hydrogen-bond acceptors (Lipinski definition) is 6. The molecule has 6 heteroatoms. The van der Waals surface area contributed by atoms with Crippen molar-refractivity contribution < 1.29 is 4.52 Å². The lowest BCUT2D eigenvalue weighted by Gasteiger charge is -1.97. The van der Waals surface area contributed by atoms with Gasteiger partial charge in [-0.1, -0.05) is 22.6 Å². The molecule has 0 amide bonds. The number of nitrogens with zero attached hydrogens (tertiary/aromatic N) is 3. The number of rotatable bonds is 4. The molecule has 3 aromatic rings. The molecule has 5 nitrogen and oxygen atoms in total. The Kier molecular flexibility index (Phi) is 2.93. The molecular formula is C12H12N4OS. The summed E-state index contributed by atoms with van der Waals surface area (Å²) >= 11 is 1.66. The molecule has 0 bridgehead atoms. The standard InChI is InChI=1S/C12H12N4OS/c1-8-2-3-9-10(6-8)18-12(15-9)13-5-4-11-14-7-17-16-11/h2-3,6-7H,4-5H2,1H3,(H,13,15). The van der Waals surface area contributed by atoms with E-state index in [9.17, 15) is 0 Å². The Morgan fingerprint density at radius 3 is 3.17 bits per heavy atom. The van der Waals surface area contributed by atoms with Crippen LogP contribution >= 0.6 is 11.3 Å². The minimum Gasteiger partial charge on any atom is -0.361 e. The second kappa shape index (κ2) is 4.73. The average molecular weight is 260 g/mol. The van der Waals surface area contributed by atoms with Crippen LogP contribution in [0.4, 0.5) is 5.13 Å². The second-order valence-electron chi connectivity index (χ2n) is 4.01. The normalized spacial score (nSPS) is 10.9. The van der Waals surface area contributed by atoms with Crippen LogP contribution in [0.5, 0.6) is 0 Å². The van der Waals surface area contributed by atoms with E-state index in [0.717, 1.165) is 23.6 Å². The van der Waals surface area contributed by atoms with Crippen LogP contribution in [0.1, 0.15) is 11.4 Å². The summed E-state index contributed by atoms with van der Waals surface area (Å²) in [6.45, 7) is 2.83. The van der Waals surface area contributed by atoms with Crippen molar-refractivity contribution in [3.63, 3.8) is 0 Å². The largest absolute Gasteiger partial charge is 0.361 e. The molecule has 0 aliphatic carbocycles. The van der Waals surface area contributed by atoms with Crippen molar-refractivity contribution in [3.8, 4) is 0 Å². The van der Waals surface area contributed by atoms with Crippen molar-refractivity contribution in [2.75, 3.05) is 11.9 Å². The van der Waals surface area contributed by atoms with Gasteiger partial charge in [-0.15, -0.1) is 0 Å². The maximum absolute atomic E-state index is 4.68. The van der Waals surface area contributed by atoms with E-state index in [2.05, 4.69) is 44.0 Å². The van der Waals surface area contributed by atoms with Crippen LogP contribution in [-0.2, 0) is 6.42 Å². The number of aromatic nitrogens is 3. The van der Waals surface area contributed by atoms with Gasteiger partial charge < -0.3 is 9.84 Å². The van der Waals surface area contributed by atoms with Gasteiger partial charge in [0.25, 0.3) is 0 Å². The van der Waals surface area contributed by atoms with Crippen LogP contribution in [0.2, 0.25) is 0 Å². The molecule has 1 aromatic carbocycles. The molecule has 18 heavy (non-hydrogen) atoms. The summed E-state index contributed by atoms with van der Waals surface area (Å²) in [5.74, 6) is 0.708. The third-order valence-electron chi connectivity index (χ3n) is 2.58. The average Bonchev–Trinajstić information content (AvgIpc) is 2.97. The summed E-state index contributed by atoms with van der Waals surface area (Å²) in [6.07, 6.45) is 2.07. The summed E-state index contributed by atoms with van der Waals surface area (Å²) in [5.41, 5.74) is 2.29. The van der Waals surface area contributed by atoms with Crippen LogP contribution < -0.4 is 5.32 Å². The van der Waals surface area contributed by atoms with E-state index in [0.29, 0.717) is 5.82 Å². The van der Waals surface area contributed by atoms with Crippen molar-refractivity contribution >= 4 is 26.7 Å². The van der Waals surface area contributed by atoms with Gasteiger partial charge in [0, 0.05) is 13.0 Å². The van der Waals surface area contributed by atoms with Gasteiger partial charge in [0.05, 0.1) is 10.2 Å². The van der Waals surface area contributed by atoms with Crippen LogP contribution in [0.15, 0.2) is 29.1 Å². The van der Waals surface area contributed by atoms with Crippen molar-refractivity contribution in [1.82, 2.24) is 15.1 Å². The topological polar surface area (TPSA) is 63.8 Å². The van der Waals surface area contributed by atoms with Gasteiger partial charge in [0.15, 0.2) is 11.0 Å². The molecule has 92 valence electrons. The molecule has 0 saturated carbocycles. The number of thiazole rings is 1. The highest BCUT2D eigenvalue weighted by atomic mass is 32.1. The molecule has 0 aliphatic rings. The Labute approximate surface area is 108 Å². The fourth-order valence-corrected chi connectivity index (χ4v) is 2.68.